The Morgan fingerprint density at radius 1 is 1.15 bits per heavy atom. The number of benzene rings is 1. The molecule has 104 valence electrons. The van der Waals surface area contributed by atoms with Gasteiger partial charge >= 0.3 is 5.97 Å². The minimum absolute atomic E-state index is 0.00622. The number of nitrogens with two attached hydrogens (primary N) is 1. The van der Waals surface area contributed by atoms with Gasteiger partial charge in [-0.15, -0.1) is 0 Å². The molecule has 2 aromatic rings. The number of nitrogens with zero attached hydrogens (tertiary/aromatic N) is 1. The van der Waals surface area contributed by atoms with E-state index >= 15 is 0 Å². The van der Waals surface area contributed by atoms with Crippen molar-refractivity contribution in [3.8, 4) is 0 Å². The molecular weight excluding hydrogens is 325 g/mol. The molecule has 0 aliphatic rings. The van der Waals surface area contributed by atoms with Crippen LogP contribution in [0.3, 0.4) is 0 Å². The Bertz CT molecular complexity index is 692. The molecule has 0 aliphatic heterocycles. The number of nitrogen functional groups attached to an aromatic ring is 1. The van der Waals surface area contributed by atoms with Gasteiger partial charge in [0.05, 0.1) is 32.0 Å². The van der Waals surface area contributed by atoms with Crippen LogP contribution in [-0.4, -0.2) is 16.1 Å². The number of halogens is 3. The molecule has 2 rings (SSSR count). The average Bonchev–Trinajstić information content (AvgIpc) is 2.37. The minimum atomic E-state index is -1.11. The molecule has 0 bridgehead atoms. The van der Waals surface area contributed by atoms with E-state index in [0.29, 0.717) is 20.8 Å². The summed E-state index contributed by atoms with van der Waals surface area (Å²) in [7, 11) is 0. The number of aromatic nitrogens is 1. The van der Waals surface area contributed by atoms with Crippen LogP contribution in [0.15, 0.2) is 24.4 Å². The van der Waals surface area contributed by atoms with Crippen LogP contribution in [0.5, 0.6) is 0 Å². The number of hydrogen-bond acceptors (Lipinski definition) is 4. The van der Waals surface area contributed by atoms with Crippen LogP contribution >= 0.6 is 34.8 Å². The highest BCUT2D eigenvalue weighted by molar-refractivity contribution is 6.44. The average molecular weight is 333 g/mol. The van der Waals surface area contributed by atoms with Gasteiger partial charge in [-0.25, -0.2) is 9.78 Å². The summed E-state index contributed by atoms with van der Waals surface area (Å²) < 4.78 is 0. The molecule has 0 fully saturated rings. The van der Waals surface area contributed by atoms with E-state index in [1.807, 2.05) is 0 Å². The van der Waals surface area contributed by atoms with Crippen LogP contribution in [0.25, 0.3) is 0 Å². The highest BCUT2D eigenvalue weighted by Gasteiger charge is 2.11. The van der Waals surface area contributed by atoms with Gasteiger partial charge in [-0.3, -0.25) is 0 Å². The summed E-state index contributed by atoms with van der Waals surface area (Å²) in [5, 5.41) is 12.7. The highest BCUT2D eigenvalue weighted by Crippen LogP contribution is 2.34. The molecule has 20 heavy (non-hydrogen) atoms. The molecule has 0 saturated carbocycles. The fraction of sp³-hybridized carbons (Fsp3) is 0. The SMILES string of the molecule is Nc1cc(C(=O)O)cnc1Nc1cc(Cl)c(Cl)cc1Cl. The molecular formula is C12H8Cl3N3O2. The summed E-state index contributed by atoms with van der Waals surface area (Å²) in [6.07, 6.45) is 1.19. The molecule has 4 N–H and O–H groups in total. The van der Waals surface area contributed by atoms with Crippen molar-refractivity contribution >= 4 is 58.0 Å². The Morgan fingerprint density at radius 3 is 2.40 bits per heavy atom. The Hall–Kier alpha value is -1.69. The molecule has 0 radical (unpaired) electrons. The number of nitrogens with one attached hydrogen (secondary N) is 1. The second-order valence-corrected chi connectivity index (χ2v) is 5.06. The third-order valence-electron chi connectivity index (χ3n) is 2.43. The number of anilines is 3. The maximum absolute atomic E-state index is 10.8. The molecule has 0 aliphatic carbocycles. The van der Waals surface area contributed by atoms with Crippen molar-refractivity contribution in [3.05, 3.63) is 45.0 Å². The second-order valence-electron chi connectivity index (χ2n) is 3.84. The van der Waals surface area contributed by atoms with Crippen LogP contribution in [0, 0.1) is 0 Å². The number of carboxylic acids is 1. The van der Waals surface area contributed by atoms with Gasteiger partial charge in [0.2, 0.25) is 0 Å². The van der Waals surface area contributed by atoms with Gasteiger partial charge in [-0.05, 0) is 18.2 Å². The van der Waals surface area contributed by atoms with Gasteiger partial charge in [0.15, 0.2) is 5.82 Å². The number of carboxylic acid groups (broad SMARTS) is 1. The van der Waals surface area contributed by atoms with Crippen molar-refractivity contribution in [2.45, 2.75) is 0 Å². The minimum Gasteiger partial charge on any atom is -0.478 e. The van der Waals surface area contributed by atoms with Crippen molar-refractivity contribution in [1.82, 2.24) is 4.98 Å². The lowest BCUT2D eigenvalue weighted by molar-refractivity contribution is 0.0696. The number of hydrogen-bond donors (Lipinski definition) is 3. The van der Waals surface area contributed by atoms with Gasteiger partial charge in [0.1, 0.15) is 0 Å². The zero-order valence-corrected chi connectivity index (χ0v) is 12.1. The lowest BCUT2D eigenvalue weighted by Gasteiger charge is -2.11. The van der Waals surface area contributed by atoms with Gasteiger partial charge < -0.3 is 16.2 Å². The molecule has 0 spiro atoms. The molecule has 1 heterocycles. The molecule has 0 amide bonds. The van der Waals surface area contributed by atoms with Crippen molar-refractivity contribution in [2.75, 3.05) is 11.1 Å². The van der Waals surface area contributed by atoms with E-state index in [4.69, 9.17) is 45.6 Å². The first-order chi connectivity index (χ1) is 9.38. The molecule has 0 atom stereocenters. The first-order valence-electron chi connectivity index (χ1n) is 5.29. The zero-order chi connectivity index (χ0) is 14.9. The van der Waals surface area contributed by atoms with Gasteiger partial charge in [0, 0.05) is 6.20 Å². The monoisotopic (exact) mass is 331 g/mol. The number of aromatic carboxylic acids is 1. The molecule has 8 heteroatoms. The predicted octanol–water partition coefficient (Wildman–Crippen LogP) is 4.07. The van der Waals surface area contributed by atoms with Crippen LogP contribution < -0.4 is 11.1 Å². The standard InChI is InChI=1S/C12H8Cl3N3O2/c13-6-2-8(15)10(3-7(6)14)18-11-9(16)1-5(4-17-11)12(19)20/h1-4H,16H2,(H,17,18)(H,19,20). The third-order valence-corrected chi connectivity index (χ3v) is 3.46. The summed E-state index contributed by atoms with van der Waals surface area (Å²) in [5.74, 6) is -0.835. The molecule has 1 aromatic carbocycles. The van der Waals surface area contributed by atoms with E-state index in [9.17, 15) is 4.79 Å². The fourth-order valence-electron chi connectivity index (χ4n) is 1.45. The summed E-state index contributed by atoms with van der Waals surface area (Å²) in [5.41, 5.74) is 6.36. The summed E-state index contributed by atoms with van der Waals surface area (Å²) >= 11 is 17.7. The predicted molar refractivity (Wildman–Crippen MR) is 80.4 cm³/mol. The van der Waals surface area contributed by atoms with Crippen LogP contribution in [-0.2, 0) is 0 Å². The summed E-state index contributed by atoms with van der Waals surface area (Å²) in [6.45, 7) is 0. The van der Waals surface area contributed by atoms with Gasteiger partial charge in [-0.1, -0.05) is 34.8 Å². The second kappa shape index (κ2) is 5.75. The first-order valence-corrected chi connectivity index (χ1v) is 6.42. The highest BCUT2D eigenvalue weighted by atomic mass is 35.5. The Balaban J connectivity index is 2.35. The molecule has 0 unspecified atom stereocenters. The number of rotatable bonds is 3. The van der Waals surface area contributed by atoms with Crippen molar-refractivity contribution < 1.29 is 9.90 Å². The quantitative estimate of drug-likeness (QED) is 0.737. The number of pyridine rings is 1. The van der Waals surface area contributed by atoms with Crippen molar-refractivity contribution in [1.29, 1.82) is 0 Å². The Kier molecular flexibility index (Phi) is 4.23. The fourth-order valence-corrected chi connectivity index (χ4v) is 2.04. The zero-order valence-electron chi connectivity index (χ0n) is 9.82. The molecule has 0 saturated heterocycles. The summed E-state index contributed by atoms with van der Waals surface area (Å²) in [4.78, 5) is 14.7. The van der Waals surface area contributed by atoms with Gasteiger partial charge in [-0.2, -0.15) is 0 Å². The Morgan fingerprint density at radius 2 is 1.80 bits per heavy atom. The topological polar surface area (TPSA) is 88.2 Å². The normalized spacial score (nSPS) is 10.3. The lowest BCUT2D eigenvalue weighted by Crippen LogP contribution is -2.04. The van der Waals surface area contributed by atoms with Crippen molar-refractivity contribution in [3.63, 3.8) is 0 Å². The van der Waals surface area contributed by atoms with Crippen molar-refractivity contribution in [2.24, 2.45) is 0 Å². The van der Waals surface area contributed by atoms with E-state index in [2.05, 4.69) is 10.3 Å². The van der Waals surface area contributed by atoms with E-state index in [-0.39, 0.29) is 17.1 Å². The first kappa shape index (κ1) is 14.7. The van der Waals surface area contributed by atoms with E-state index in [1.54, 1.807) is 0 Å². The maximum Gasteiger partial charge on any atom is 0.337 e. The maximum atomic E-state index is 10.8. The van der Waals surface area contributed by atoms with E-state index in [0.717, 1.165) is 0 Å². The van der Waals surface area contributed by atoms with E-state index < -0.39 is 5.97 Å². The van der Waals surface area contributed by atoms with Crippen LogP contribution in [0.1, 0.15) is 10.4 Å². The lowest BCUT2D eigenvalue weighted by atomic mass is 10.2. The smallest absolute Gasteiger partial charge is 0.337 e. The number of carbonyl (C=O) groups is 1. The van der Waals surface area contributed by atoms with Crippen LogP contribution in [0.2, 0.25) is 15.1 Å². The molecule has 5 nitrogen and oxygen atoms in total. The van der Waals surface area contributed by atoms with Crippen LogP contribution in [0.4, 0.5) is 17.2 Å². The molecule has 1 aromatic heterocycles. The van der Waals surface area contributed by atoms with E-state index in [1.165, 1.54) is 24.4 Å². The largest absolute Gasteiger partial charge is 0.478 e. The summed E-state index contributed by atoms with van der Waals surface area (Å²) in [6, 6.07) is 4.30. The third kappa shape index (κ3) is 3.07. The Labute approximate surface area is 129 Å². The van der Waals surface area contributed by atoms with Gasteiger partial charge in [0.25, 0.3) is 0 Å².